The Labute approximate surface area is 168 Å². The maximum Gasteiger partial charge on any atom is 0.0208 e. The molecule has 0 bridgehead atoms. The topological polar surface area (TPSA) is 12.0 Å². The highest BCUT2D eigenvalue weighted by molar-refractivity contribution is 7.79. The monoisotopic (exact) mass is 381 g/mol. The van der Waals surface area contributed by atoms with Crippen LogP contribution in [0.5, 0.6) is 0 Å². The molecule has 0 amide bonds. The standard InChI is InChI=1S/C26H24NP/c1-4-10-22(11-5-1)20-27-21-23-16-18-26(19-17-23)28(24-12-6-2-7-13-24)25-14-8-3-9-15-25/h1-19,27H,20-21H2. The second kappa shape index (κ2) is 9.46. The fourth-order valence-electron chi connectivity index (χ4n) is 3.31. The quantitative estimate of drug-likeness (QED) is 0.456. The molecule has 2 heteroatoms. The molecule has 0 unspecified atom stereocenters. The molecule has 0 radical (unpaired) electrons. The van der Waals surface area contributed by atoms with Crippen LogP contribution in [0, 0.1) is 0 Å². The summed E-state index contributed by atoms with van der Waals surface area (Å²) in [6, 6.07) is 41.3. The molecule has 0 saturated carbocycles. The van der Waals surface area contributed by atoms with Gasteiger partial charge in [-0.25, -0.2) is 0 Å². The van der Waals surface area contributed by atoms with Gasteiger partial charge in [0.15, 0.2) is 0 Å². The van der Waals surface area contributed by atoms with E-state index in [1.807, 2.05) is 0 Å². The molecule has 0 aliphatic rings. The van der Waals surface area contributed by atoms with Gasteiger partial charge in [0.05, 0.1) is 0 Å². The van der Waals surface area contributed by atoms with Crippen LogP contribution < -0.4 is 21.2 Å². The summed E-state index contributed by atoms with van der Waals surface area (Å²) < 4.78 is 0. The SMILES string of the molecule is c1ccc(CNCc2ccc(P(c3ccccc3)c3ccccc3)cc2)cc1. The Bertz CT molecular complexity index is 928. The molecule has 4 rings (SSSR count). The largest absolute Gasteiger partial charge is 0.309 e. The lowest BCUT2D eigenvalue weighted by Crippen LogP contribution is -2.20. The highest BCUT2D eigenvalue weighted by atomic mass is 31.1. The van der Waals surface area contributed by atoms with Crippen LogP contribution in [0.1, 0.15) is 11.1 Å². The van der Waals surface area contributed by atoms with E-state index in [1.165, 1.54) is 27.0 Å². The summed E-state index contributed by atoms with van der Waals surface area (Å²) in [5.74, 6) is 0. The van der Waals surface area contributed by atoms with Crippen molar-refractivity contribution in [2.24, 2.45) is 0 Å². The Balaban J connectivity index is 1.50. The number of nitrogens with one attached hydrogen (secondary N) is 1. The minimum atomic E-state index is -0.528. The third-order valence-corrected chi connectivity index (χ3v) is 7.17. The molecule has 0 atom stereocenters. The van der Waals surface area contributed by atoms with Crippen molar-refractivity contribution in [1.82, 2.24) is 5.32 Å². The molecule has 1 N–H and O–H groups in total. The first-order chi connectivity index (χ1) is 13.9. The Hall–Kier alpha value is -2.73. The highest BCUT2D eigenvalue weighted by Gasteiger charge is 2.15. The van der Waals surface area contributed by atoms with Crippen molar-refractivity contribution in [3.05, 3.63) is 126 Å². The summed E-state index contributed by atoms with van der Waals surface area (Å²) in [6.45, 7) is 1.77. The van der Waals surface area contributed by atoms with E-state index in [1.54, 1.807) is 0 Å². The molecule has 0 spiro atoms. The third-order valence-electron chi connectivity index (χ3n) is 4.72. The van der Waals surface area contributed by atoms with E-state index in [0.29, 0.717) is 0 Å². The molecule has 4 aromatic carbocycles. The smallest absolute Gasteiger partial charge is 0.0208 e. The van der Waals surface area contributed by atoms with Gasteiger partial charge in [0.2, 0.25) is 0 Å². The zero-order valence-electron chi connectivity index (χ0n) is 15.8. The normalized spacial score (nSPS) is 10.9. The molecular weight excluding hydrogens is 357 g/mol. The molecule has 138 valence electrons. The summed E-state index contributed by atoms with van der Waals surface area (Å²) in [4.78, 5) is 0. The second-order valence-corrected chi connectivity index (χ2v) is 8.98. The van der Waals surface area contributed by atoms with Crippen LogP contribution in [0.3, 0.4) is 0 Å². The Kier molecular flexibility index (Phi) is 6.29. The molecule has 0 saturated heterocycles. The lowest BCUT2D eigenvalue weighted by molar-refractivity contribution is 0.693. The molecule has 1 nitrogen and oxygen atoms in total. The molecule has 0 fully saturated rings. The molecule has 28 heavy (non-hydrogen) atoms. The van der Waals surface area contributed by atoms with E-state index in [2.05, 4.69) is 121 Å². The van der Waals surface area contributed by atoms with Gasteiger partial charge < -0.3 is 5.32 Å². The summed E-state index contributed by atoms with van der Waals surface area (Å²) in [5.41, 5.74) is 2.63. The number of hydrogen-bond donors (Lipinski definition) is 1. The highest BCUT2D eigenvalue weighted by Crippen LogP contribution is 2.32. The summed E-state index contributed by atoms with van der Waals surface area (Å²) in [6.07, 6.45) is 0. The molecule has 4 aromatic rings. The predicted octanol–water partition coefficient (Wildman–Crippen LogP) is 4.73. The molecule has 0 aromatic heterocycles. The summed E-state index contributed by atoms with van der Waals surface area (Å²) >= 11 is 0. The summed E-state index contributed by atoms with van der Waals surface area (Å²) in [5, 5.41) is 7.70. The van der Waals surface area contributed by atoms with Gasteiger partial charge in [-0.1, -0.05) is 115 Å². The van der Waals surface area contributed by atoms with Gasteiger partial charge in [-0.2, -0.15) is 0 Å². The van der Waals surface area contributed by atoms with Crippen molar-refractivity contribution in [2.75, 3.05) is 0 Å². The minimum absolute atomic E-state index is 0.528. The van der Waals surface area contributed by atoms with E-state index < -0.39 is 7.92 Å². The fraction of sp³-hybridized carbons (Fsp3) is 0.0769. The first-order valence-electron chi connectivity index (χ1n) is 9.64. The van der Waals surface area contributed by atoms with E-state index in [9.17, 15) is 0 Å². The number of rotatable bonds is 7. The van der Waals surface area contributed by atoms with Crippen LogP contribution in [0.25, 0.3) is 0 Å². The minimum Gasteiger partial charge on any atom is -0.309 e. The predicted molar refractivity (Wildman–Crippen MR) is 122 cm³/mol. The van der Waals surface area contributed by atoms with Crippen LogP contribution in [0.2, 0.25) is 0 Å². The lowest BCUT2D eigenvalue weighted by Gasteiger charge is -2.19. The first kappa shape index (κ1) is 18.6. The van der Waals surface area contributed by atoms with Gasteiger partial charge in [0, 0.05) is 13.1 Å². The van der Waals surface area contributed by atoms with Crippen LogP contribution in [0.4, 0.5) is 0 Å². The van der Waals surface area contributed by atoms with Crippen molar-refractivity contribution in [3.63, 3.8) is 0 Å². The molecular formula is C26H24NP. The average molecular weight is 381 g/mol. The first-order valence-corrected chi connectivity index (χ1v) is 11.0. The second-order valence-electron chi connectivity index (χ2n) is 6.76. The Morgan fingerprint density at radius 1 is 0.429 bits per heavy atom. The Morgan fingerprint density at radius 3 is 1.32 bits per heavy atom. The average Bonchev–Trinajstić information content (AvgIpc) is 2.77. The number of hydrogen-bond acceptors (Lipinski definition) is 1. The van der Waals surface area contributed by atoms with Gasteiger partial charge in [-0.05, 0) is 35.0 Å². The van der Waals surface area contributed by atoms with Gasteiger partial charge in [-0.15, -0.1) is 0 Å². The fourth-order valence-corrected chi connectivity index (χ4v) is 5.59. The van der Waals surface area contributed by atoms with Gasteiger partial charge >= 0.3 is 0 Å². The van der Waals surface area contributed by atoms with E-state index in [-0.39, 0.29) is 0 Å². The Morgan fingerprint density at radius 2 is 0.821 bits per heavy atom. The lowest BCUT2D eigenvalue weighted by atomic mass is 10.2. The maximum absolute atomic E-state index is 3.54. The van der Waals surface area contributed by atoms with Gasteiger partial charge in [0.25, 0.3) is 0 Å². The van der Waals surface area contributed by atoms with Gasteiger partial charge in [-0.3, -0.25) is 0 Å². The van der Waals surface area contributed by atoms with E-state index in [0.717, 1.165) is 13.1 Å². The zero-order valence-corrected chi connectivity index (χ0v) is 16.7. The molecule has 0 aliphatic carbocycles. The van der Waals surface area contributed by atoms with Crippen LogP contribution in [-0.4, -0.2) is 0 Å². The van der Waals surface area contributed by atoms with E-state index in [4.69, 9.17) is 0 Å². The van der Waals surface area contributed by atoms with E-state index >= 15 is 0 Å². The van der Waals surface area contributed by atoms with Gasteiger partial charge in [0.1, 0.15) is 0 Å². The van der Waals surface area contributed by atoms with Crippen LogP contribution >= 0.6 is 7.92 Å². The molecule has 0 heterocycles. The third kappa shape index (κ3) is 4.75. The van der Waals surface area contributed by atoms with Crippen molar-refractivity contribution < 1.29 is 0 Å². The molecule has 0 aliphatic heterocycles. The summed E-state index contributed by atoms with van der Waals surface area (Å²) in [7, 11) is -0.528. The van der Waals surface area contributed by atoms with Crippen molar-refractivity contribution in [3.8, 4) is 0 Å². The maximum atomic E-state index is 3.54. The van der Waals surface area contributed by atoms with Crippen molar-refractivity contribution in [2.45, 2.75) is 13.1 Å². The van der Waals surface area contributed by atoms with Crippen molar-refractivity contribution >= 4 is 23.8 Å². The van der Waals surface area contributed by atoms with Crippen molar-refractivity contribution in [1.29, 1.82) is 0 Å². The van der Waals surface area contributed by atoms with Crippen LogP contribution in [-0.2, 0) is 13.1 Å². The zero-order chi connectivity index (χ0) is 19.0. The number of benzene rings is 4. The van der Waals surface area contributed by atoms with Crippen LogP contribution in [0.15, 0.2) is 115 Å².